The van der Waals surface area contributed by atoms with E-state index < -0.39 is 0 Å². The Kier molecular flexibility index (Phi) is 4.18. The first-order valence-electron chi connectivity index (χ1n) is 8.75. The van der Waals surface area contributed by atoms with Crippen molar-refractivity contribution >= 4 is 0 Å². The minimum atomic E-state index is 0.573. The first-order valence-corrected chi connectivity index (χ1v) is 8.75. The molecule has 0 saturated heterocycles. The number of hydrogen-bond acceptors (Lipinski definition) is 1. The van der Waals surface area contributed by atoms with Crippen molar-refractivity contribution in [2.24, 2.45) is 0 Å². The van der Waals surface area contributed by atoms with Crippen LogP contribution in [0.4, 0.5) is 0 Å². The van der Waals surface area contributed by atoms with Crippen LogP contribution in [0.2, 0.25) is 0 Å². The fraction of sp³-hybridized carbons (Fsp3) is 0.217. The Bertz CT molecular complexity index is 808. The highest BCUT2D eigenvalue weighted by atomic mass is 15.2. The van der Waals surface area contributed by atoms with Gasteiger partial charge in [-0.2, -0.15) is 0 Å². The van der Waals surface area contributed by atoms with Gasteiger partial charge in [-0.3, -0.25) is 4.90 Å². The molecule has 0 aliphatic carbocycles. The number of nitrogens with zero attached hydrogens (tertiary/aromatic N) is 1. The molecule has 1 unspecified atom stereocenters. The van der Waals surface area contributed by atoms with Crippen molar-refractivity contribution < 1.29 is 0 Å². The summed E-state index contributed by atoms with van der Waals surface area (Å²) in [5, 5.41) is 0. The largest absolute Gasteiger partial charge is 0.292 e. The van der Waals surface area contributed by atoms with E-state index in [2.05, 4.69) is 90.7 Å². The van der Waals surface area contributed by atoms with Gasteiger partial charge in [-0.25, -0.2) is 0 Å². The summed E-state index contributed by atoms with van der Waals surface area (Å²) < 4.78 is 0. The highest BCUT2D eigenvalue weighted by Crippen LogP contribution is 2.32. The number of hydrogen-bond donors (Lipinski definition) is 0. The molecule has 24 heavy (non-hydrogen) atoms. The van der Waals surface area contributed by atoms with E-state index >= 15 is 0 Å². The molecule has 0 spiro atoms. The third-order valence-corrected chi connectivity index (χ3v) is 5.09. The molecule has 0 amide bonds. The minimum absolute atomic E-state index is 0.573. The van der Waals surface area contributed by atoms with Crippen molar-refractivity contribution in [3.63, 3.8) is 0 Å². The Balaban J connectivity index is 1.67. The molecular formula is C23H23N. The molecule has 1 nitrogen and oxygen atoms in total. The lowest BCUT2D eigenvalue weighted by molar-refractivity contribution is 0.176. The van der Waals surface area contributed by atoms with Crippen LogP contribution in [0, 0.1) is 0 Å². The first-order chi connectivity index (χ1) is 11.8. The van der Waals surface area contributed by atoms with Crippen LogP contribution in [-0.2, 0) is 19.5 Å². The van der Waals surface area contributed by atoms with E-state index in [0.717, 1.165) is 19.5 Å². The Hall–Kier alpha value is -2.38. The molecule has 3 aromatic rings. The van der Waals surface area contributed by atoms with Crippen LogP contribution in [0.25, 0.3) is 11.1 Å². The molecule has 0 N–H and O–H groups in total. The fourth-order valence-corrected chi connectivity index (χ4v) is 3.74. The van der Waals surface area contributed by atoms with Crippen LogP contribution in [0.15, 0.2) is 78.9 Å². The lowest BCUT2D eigenvalue weighted by Crippen LogP contribution is -2.38. The summed E-state index contributed by atoms with van der Waals surface area (Å²) in [5.41, 5.74) is 7.11. The number of rotatable bonds is 3. The van der Waals surface area contributed by atoms with Crippen molar-refractivity contribution in [3.8, 4) is 11.1 Å². The van der Waals surface area contributed by atoms with Gasteiger partial charge in [0.1, 0.15) is 0 Å². The second-order valence-electron chi connectivity index (χ2n) is 6.75. The van der Waals surface area contributed by atoms with Gasteiger partial charge in [0.05, 0.1) is 0 Å². The van der Waals surface area contributed by atoms with Gasteiger partial charge in [0.25, 0.3) is 0 Å². The summed E-state index contributed by atoms with van der Waals surface area (Å²) in [5.74, 6) is 0. The SMILES string of the molecule is CC1Cc2cccc(-c3ccccc3)c2CN1Cc1ccccc1. The summed E-state index contributed by atoms with van der Waals surface area (Å²) in [6, 6.07) is 28.9. The molecule has 0 bridgehead atoms. The van der Waals surface area contributed by atoms with Crippen molar-refractivity contribution in [1.29, 1.82) is 0 Å². The predicted octanol–water partition coefficient (Wildman–Crippen LogP) is 5.30. The molecule has 120 valence electrons. The summed E-state index contributed by atoms with van der Waals surface area (Å²) >= 11 is 0. The Morgan fingerprint density at radius 3 is 2.29 bits per heavy atom. The molecule has 1 aliphatic heterocycles. The van der Waals surface area contributed by atoms with Gasteiger partial charge < -0.3 is 0 Å². The summed E-state index contributed by atoms with van der Waals surface area (Å²) in [7, 11) is 0. The summed E-state index contributed by atoms with van der Waals surface area (Å²) in [6.07, 6.45) is 1.13. The molecule has 1 heteroatoms. The number of benzene rings is 3. The minimum Gasteiger partial charge on any atom is -0.292 e. The fourth-order valence-electron chi connectivity index (χ4n) is 3.74. The van der Waals surface area contributed by atoms with Gasteiger partial charge in [0.15, 0.2) is 0 Å². The second kappa shape index (κ2) is 6.62. The third-order valence-electron chi connectivity index (χ3n) is 5.09. The van der Waals surface area contributed by atoms with E-state index in [1.807, 2.05) is 0 Å². The topological polar surface area (TPSA) is 3.24 Å². The lowest BCUT2D eigenvalue weighted by Gasteiger charge is -2.36. The quantitative estimate of drug-likeness (QED) is 0.634. The van der Waals surface area contributed by atoms with Crippen LogP contribution < -0.4 is 0 Å². The molecule has 0 saturated carbocycles. The Morgan fingerprint density at radius 1 is 0.833 bits per heavy atom. The zero-order valence-corrected chi connectivity index (χ0v) is 14.2. The van der Waals surface area contributed by atoms with Crippen LogP contribution in [-0.4, -0.2) is 10.9 Å². The van der Waals surface area contributed by atoms with Gasteiger partial charge >= 0.3 is 0 Å². The molecule has 1 heterocycles. The van der Waals surface area contributed by atoms with Crippen molar-refractivity contribution in [1.82, 2.24) is 4.90 Å². The molecule has 1 aliphatic rings. The van der Waals surface area contributed by atoms with E-state index in [1.54, 1.807) is 0 Å². The first kappa shape index (κ1) is 15.2. The van der Waals surface area contributed by atoms with E-state index in [9.17, 15) is 0 Å². The monoisotopic (exact) mass is 313 g/mol. The van der Waals surface area contributed by atoms with Crippen molar-refractivity contribution in [3.05, 3.63) is 95.6 Å². The molecule has 3 aromatic carbocycles. The normalized spacial score (nSPS) is 17.5. The highest BCUT2D eigenvalue weighted by Gasteiger charge is 2.24. The highest BCUT2D eigenvalue weighted by molar-refractivity contribution is 5.69. The van der Waals surface area contributed by atoms with Gasteiger partial charge in [-0.1, -0.05) is 78.9 Å². The van der Waals surface area contributed by atoms with Gasteiger partial charge in [0, 0.05) is 19.1 Å². The van der Waals surface area contributed by atoms with Gasteiger partial charge in [0.2, 0.25) is 0 Å². The van der Waals surface area contributed by atoms with Crippen LogP contribution in [0.5, 0.6) is 0 Å². The average molecular weight is 313 g/mol. The Morgan fingerprint density at radius 2 is 1.54 bits per heavy atom. The van der Waals surface area contributed by atoms with Crippen LogP contribution >= 0.6 is 0 Å². The maximum absolute atomic E-state index is 2.60. The zero-order valence-electron chi connectivity index (χ0n) is 14.2. The van der Waals surface area contributed by atoms with Crippen molar-refractivity contribution in [2.75, 3.05) is 0 Å². The van der Waals surface area contributed by atoms with Gasteiger partial charge in [-0.05, 0) is 41.2 Å². The molecule has 4 rings (SSSR count). The molecule has 1 atom stereocenters. The maximum atomic E-state index is 2.60. The van der Waals surface area contributed by atoms with Crippen LogP contribution in [0.3, 0.4) is 0 Å². The summed E-state index contributed by atoms with van der Waals surface area (Å²) in [4.78, 5) is 2.60. The lowest BCUT2D eigenvalue weighted by atomic mass is 9.88. The van der Waals surface area contributed by atoms with E-state index in [1.165, 1.54) is 27.8 Å². The van der Waals surface area contributed by atoms with E-state index in [-0.39, 0.29) is 0 Å². The van der Waals surface area contributed by atoms with E-state index in [4.69, 9.17) is 0 Å². The van der Waals surface area contributed by atoms with Crippen LogP contribution in [0.1, 0.15) is 23.6 Å². The smallest absolute Gasteiger partial charge is 0.0249 e. The average Bonchev–Trinajstić information content (AvgIpc) is 2.63. The third kappa shape index (κ3) is 3.00. The standard InChI is InChI=1S/C23H23N/c1-18-15-21-13-8-14-22(20-11-6-3-7-12-20)23(21)17-24(18)16-19-9-4-2-5-10-19/h2-14,18H,15-17H2,1H3. The maximum Gasteiger partial charge on any atom is 0.0249 e. The number of fused-ring (bicyclic) bond motifs is 1. The molecule has 0 aromatic heterocycles. The summed E-state index contributed by atoms with van der Waals surface area (Å²) in [6.45, 7) is 4.39. The molecule has 0 fully saturated rings. The predicted molar refractivity (Wildman–Crippen MR) is 101 cm³/mol. The van der Waals surface area contributed by atoms with Gasteiger partial charge in [-0.15, -0.1) is 0 Å². The Labute approximate surface area is 144 Å². The van der Waals surface area contributed by atoms with Crippen molar-refractivity contribution in [2.45, 2.75) is 32.5 Å². The van der Waals surface area contributed by atoms with E-state index in [0.29, 0.717) is 6.04 Å². The molecule has 0 radical (unpaired) electrons. The zero-order chi connectivity index (χ0) is 16.4. The molecular weight excluding hydrogens is 290 g/mol. The second-order valence-corrected chi connectivity index (χ2v) is 6.75.